The van der Waals surface area contributed by atoms with Gasteiger partial charge in [-0.05, 0) is 91.1 Å². The Morgan fingerprint density at radius 1 is 1.10 bits per heavy atom. The standard InChI is InChI=1S/C29H44O/c1-7-21(19(2)3)9-8-20(4)25-12-13-26-24-11-10-22-18-23(30)14-16-28(22,5)27(24)15-17-29(25,26)6/h8-11,15,19-21,23,25-26,30H,7,12-14,16-18H2,1-6H3/b9-8+/t20-,21+,23+,25?,26?,28?,29?/m1/s1. The van der Waals surface area contributed by atoms with Crippen LogP contribution >= 0.6 is 0 Å². The van der Waals surface area contributed by atoms with Crippen LogP contribution in [0.25, 0.3) is 0 Å². The van der Waals surface area contributed by atoms with Gasteiger partial charge in [0.2, 0.25) is 0 Å². The van der Waals surface area contributed by atoms with E-state index < -0.39 is 0 Å². The molecule has 2 fully saturated rings. The summed E-state index contributed by atoms with van der Waals surface area (Å²) in [5, 5.41) is 10.2. The molecule has 30 heavy (non-hydrogen) atoms. The highest BCUT2D eigenvalue weighted by atomic mass is 16.3. The molecule has 0 aromatic heterocycles. The normalized spacial score (nSPS) is 40.3. The monoisotopic (exact) mass is 408 g/mol. The van der Waals surface area contributed by atoms with Crippen molar-refractivity contribution in [2.75, 3.05) is 0 Å². The number of rotatable bonds is 5. The van der Waals surface area contributed by atoms with E-state index in [0.717, 1.165) is 31.1 Å². The fourth-order valence-corrected chi connectivity index (χ4v) is 7.54. The molecule has 0 heterocycles. The highest BCUT2D eigenvalue weighted by Crippen LogP contribution is 2.63. The molecule has 0 aromatic carbocycles. The molecular formula is C29H44O. The van der Waals surface area contributed by atoms with Crippen molar-refractivity contribution in [3.63, 3.8) is 0 Å². The van der Waals surface area contributed by atoms with Crippen molar-refractivity contribution in [3.05, 3.63) is 47.1 Å². The molecule has 0 saturated heterocycles. The minimum atomic E-state index is -0.144. The molecule has 2 saturated carbocycles. The van der Waals surface area contributed by atoms with E-state index in [9.17, 15) is 5.11 Å². The molecule has 7 atom stereocenters. The van der Waals surface area contributed by atoms with Gasteiger partial charge in [0, 0.05) is 5.41 Å². The van der Waals surface area contributed by atoms with E-state index in [1.54, 1.807) is 11.1 Å². The van der Waals surface area contributed by atoms with E-state index in [0.29, 0.717) is 23.2 Å². The first kappa shape index (κ1) is 22.1. The first-order valence-electron chi connectivity index (χ1n) is 12.7. The highest BCUT2D eigenvalue weighted by Gasteiger charge is 2.54. The molecule has 0 amide bonds. The van der Waals surface area contributed by atoms with Crippen LogP contribution < -0.4 is 0 Å². The minimum absolute atomic E-state index is 0.144. The molecule has 4 rings (SSSR count). The first-order chi connectivity index (χ1) is 14.2. The zero-order valence-electron chi connectivity index (χ0n) is 20.2. The van der Waals surface area contributed by atoms with Crippen LogP contribution in [-0.4, -0.2) is 11.2 Å². The van der Waals surface area contributed by atoms with Crippen LogP contribution in [0, 0.1) is 40.4 Å². The summed E-state index contributed by atoms with van der Waals surface area (Å²) in [6.45, 7) is 14.5. The van der Waals surface area contributed by atoms with Gasteiger partial charge in [-0.1, -0.05) is 77.5 Å². The third kappa shape index (κ3) is 3.50. The zero-order chi connectivity index (χ0) is 21.7. The summed E-state index contributed by atoms with van der Waals surface area (Å²) in [6.07, 6.45) is 20.4. The van der Waals surface area contributed by atoms with Gasteiger partial charge in [-0.2, -0.15) is 0 Å². The SMILES string of the molecule is CC[C@@H](/C=C/[C@@H](C)C1CCC2C3=CC=C4C[C@@H](O)CCC4(C)C3=CCC21C)C(C)C. The van der Waals surface area contributed by atoms with Gasteiger partial charge in [0.15, 0.2) is 0 Å². The van der Waals surface area contributed by atoms with Gasteiger partial charge in [0.05, 0.1) is 6.10 Å². The Balaban J connectivity index is 1.59. The third-order valence-electron chi connectivity index (χ3n) is 9.67. The molecule has 0 spiro atoms. The maximum absolute atomic E-state index is 10.2. The van der Waals surface area contributed by atoms with Crippen LogP contribution in [0.4, 0.5) is 0 Å². The van der Waals surface area contributed by atoms with Crippen LogP contribution in [0.1, 0.15) is 86.5 Å². The second kappa shape index (κ2) is 8.12. The van der Waals surface area contributed by atoms with E-state index in [-0.39, 0.29) is 11.5 Å². The Morgan fingerprint density at radius 3 is 2.57 bits per heavy atom. The van der Waals surface area contributed by atoms with Crippen molar-refractivity contribution in [1.29, 1.82) is 0 Å². The minimum Gasteiger partial charge on any atom is -0.393 e. The average molecular weight is 409 g/mol. The highest BCUT2D eigenvalue weighted by molar-refractivity contribution is 5.53. The van der Waals surface area contributed by atoms with E-state index in [1.165, 1.54) is 31.3 Å². The predicted octanol–water partition coefficient (Wildman–Crippen LogP) is 7.64. The topological polar surface area (TPSA) is 20.2 Å². The largest absolute Gasteiger partial charge is 0.393 e. The Bertz CT molecular complexity index is 780. The quantitative estimate of drug-likeness (QED) is 0.463. The smallest absolute Gasteiger partial charge is 0.0578 e. The van der Waals surface area contributed by atoms with Crippen molar-refractivity contribution in [1.82, 2.24) is 0 Å². The lowest BCUT2D eigenvalue weighted by Gasteiger charge is -2.50. The molecule has 0 bridgehead atoms. The van der Waals surface area contributed by atoms with E-state index >= 15 is 0 Å². The van der Waals surface area contributed by atoms with Crippen molar-refractivity contribution >= 4 is 0 Å². The Labute approximate surface area is 185 Å². The lowest BCUT2D eigenvalue weighted by molar-refractivity contribution is 0.113. The number of fused-ring (bicyclic) bond motifs is 5. The van der Waals surface area contributed by atoms with Crippen LogP contribution in [0.3, 0.4) is 0 Å². The Hall–Kier alpha value is -1.08. The molecule has 4 aliphatic rings. The molecule has 166 valence electrons. The van der Waals surface area contributed by atoms with E-state index in [4.69, 9.17) is 0 Å². The second-order valence-corrected chi connectivity index (χ2v) is 11.7. The molecule has 4 aliphatic carbocycles. The molecule has 1 heteroatoms. The van der Waals surface area contributed by atoms with Gasteiger partial charge < -0.3 is 5.11 Å². The summed E-state index contributed by atoms with van der Waals surface area (Å²) in [7, 11) is 0. The van der Waals surface area contributed by atoms with Crippen LogP contribution in [-0.2, 0) is 0 Å². The predicted molar refractivity (Wildman–Crippen MR) is 128 cm³/mol. The number of allylic oxidation sites excluding steroid dienone is 7. The second-order valence-electron chi connectivity index (χ2n) is 11.7. The lowest BCUT2D eigenvalue weighted by atomic mass is 9.54. The van der Waals surface area contributed by atoms with Gasteiger partial charge in [-0.25, -0.2) is 0 Å². The zero-order valence-corrected chi connectivity index (χ0v) is 20.2. The maximum Gasteiger partial charge on any atom is 0.0578 e. The number of hydrogen-bond donors (Lipinski definition) is 1. The van der Waals surface area contributed by atoms with Gasteiger partial charge in [-0.3, -0.25) is 0 Å². The fourth-order valence-electron chi connectivity index (χ4n) is 7.54. The number of hydrogen-bond acceptors (Lipinski definition) is 1. The van der Waals surface area contributed by atoms with Crippen molar-refractivity contribution in [2.24, 2.45) is 40.4 Å². The summed E-state index contributed by atoms with van der Waals surface area (Å²) in [6, 6.07) is 0. The van der Waals surface area contributed by atoms with Gasteiger partial charge in [0.1, 0.15) is 0 Å². The average Bonchev–Trinajstić information content (AvgIpc) is 3.06. The third-order valence-corrected chi connectivity index (χ3v) is 9.67. The summed E-state index contributed by atoms with van der Waals surface area (Å²) in [5.74, 6) is 3.56. The fraction of sp³-hybridized carbons (Fsp3) is 0.724. The van der Waals surface area contributed by atoms with Gasteiger partial charge >= 0.3 is 0 Å². The molecule has 1 N–H and O–H groups in total. The van der Waals surface area contributed by atoms with Crippen molar-refractivity contribution < 1.29 is 5.11 Å². The maximum atomic E-state index is 10.2. The van der Waals surface area contributed by atoms with E-state index in [2.05, 4.69) is 71.9 Å². The molecule has 0 aliphatic heterocycles. The van der Waals surface area contributed by atoms with Crippen molar-refractivity contribution in [2.45, 2.75) is 92.6 Å². The summed E-state index contributed by atoms with van der Waals surface area (Å²) in [5.41, 5.74) is 5.27. The molecular weight excluding hydrogens is 364 g/mol. The molecule has 0 aromatic rings. The van der Waals surface area contributed by atoms with Crippen LogP contribution in [0.15, 0.2) is 47.1 Å². The first-order valence-corrected chi connectivity index (χ1v) is 12.7. The van der Waals surface area contributed by atoms with E-state index in [1.807, 2.05) is 0 Å². The molecule has 4 unspecified atom stereocenters. The summed E-state index contributed by atoms with van der Waals surface area (Å²) < 4.78 is 0. The molecule has 1 nitrogen and oxygen atoms in total. The van der Waals surface area contributed by atoms with Gasteiger partial charge in [0.25, 0.3) is 0 Å². The van der Waals surface area contributed by atoms with Crippen molar-refractivity contribution in [3.8, 4) is 0 Å². The lowest BCUT2D eigenvalue weighted by Crippen LogP contribution is -2.41. The van der Waals surface area contributed by atoms with Gasteiger partial charge in [-0.15, -0.1) is 0 Å². The van der Waals surface area contributed by atoms with Crippen LogP contribution in [0.2, 0.25) is 0 Å². The number of aliphatic hydroxyl groups excluding tert-OH is 1. The summed E-state index contributed by atoms with van der Waals surface area (Å²) in [4.78, 5) is 0. The Kier molecular flexibility index (Phi) is 5.99. The molecule has 0 radical (unpaired) electrons. The Morgan fingerprint density at radius 2 is 1.87 bits per heavy atom. The number of aliphatic hydroxyl groups is 1. The van der Waals surface area contributed by atoms with Crippen LogP contribution in [0.5, 0.6) is 0 Å². The summed E-state index contributed by atoms with van der Waals surface area (Å²) >= 11 is 0.